The number of aromatic nitrogens is 1. The predicted octanol–water partition coefficient (Wildman–Crippen LogP) is 4.24. The third-order valence-electron chi connectivity index (χ3n) is 4.83. The average molecular weight is 361 g/mol. The Hall–Kier alpha value is -3.08. The van der Waals surface area contributed by atoms with Crippen LogP contribution in [0.5, 0.6) is 5.75 Å². The zero-order valence-corrected chi connectivity index (χ0v) is 15.2. The maximum Gasteiger partial charge on any atom is 0.262 e. The van der Waals surface area contributed by atoms with Crippen molar-refractivity contribution in [3.05, 3.63) is 60.8 Å². The zero-order valence-electron chi connectivity index (χ0n) is 15.2. The number of rotatable bonds is 5. The number of pyridine rings is 1. The van der Waals surface area contributed by atoms with Crippen LogP contribution in [0.25, 0.3) is 10.9 Å². The molecule has 1 saturated heterocycles. The molecule has 1 amide bonds. The van der Waals surface area contributed by atoms with Crippen molar-refractivity contribution in [2.24, 2.45) is 0 Å². The van der Waals surface area contributed by atoms with Crippen LogP contribution >= 0.6 is 0 Å². The number of anilines is 2. The summed E-state index contributed by atoms with van der Waals surface area (Å²) in [5, 5.41) is 3.88. The number of carbonyl (C=O) groups is 1. The number of ether oxygens (including phenoxy) is 1. The molecule has 0 atom stereocenters. The van der Waals surface area contributed by atoms with E-state index in [0.717, 1.165) is 29.7 Å². The summed E-state index contributed by atoms with van der Waals surface area (Å²) in [6, 6.07) is 17.6. The lowest BCUT2D eigenvalue weighted by Gasteiger charge is -2.28. The van der Waals surface area contributed by atoms with Crippen LogP contribution in [0.15, 0.2) is 60.8 Å². The van der Waals surface area contributed by atoms with Gasteiger partial charge in [0.1, 0.15) is 11.3 Å². The van der Waals surface area contributed by atoms with E-state index in [1.807, 2.05) is 42.5 Å². The van der Waals surface area contributed by atoms with Crippen LogP contribution in [-0.4, -0.2) is 30.6 Å². The third kappa shape index (κ3) is 4.19. The minimum absolute atomic E-state index is 0.0520. The predicted molar refractivity (Wildman–Crippen MR) is 108 cm³/mol. The first kappa shape index (κ1) is 17.3. The zero-order chi connectivity index (χ0) is 18.5. The summed E-state index contributed by atoms with van der Waals surface area (Å²) in [7, 11) is 0. The Morgan fingerprint density at radius 2 is 1.78 bits per heavy atom. The molecule has 0 radical (unpaired) electrons. The highest BCUT2D eigenvalue weighted by atomic mass is 16.5. The van der Waals surface area contributed by atoms with Crippen LogP contribution in [-0.2, 0) is 4.79 Å². The van der Waals surface area contributed by atoms with E-state index in [4.69, 9.17) is 4.74 Å². The average Bonchev–Trinajstić information content (AvgIpc) is 2.73. The van der Waals surface area contributed by atoms with Crippen molar-refractivity contribution in [2.45, 2.75) is 19.3 Å². The number of carbonyl (C=O) groups excluding carboxylic acids is 1. The molecule has 2 heterocycles. The first-order valence-corrected chi connectivity index (χ1v) is 9.41. The standard InChI is InChI=1S/C22H23N3O2/c26-21(16-27-20-8-4-6-17-7-5-13-23-22(17)20)24-18-9-11-19(12-10-18)25-14-2-1-3-15-25/h4-13H,1-3,14-16H2,(H,24,26). The van der Waals surface area contributed by atoms with Gasteiger partial charge in [-0.25, -0.2) is 0 Å². The second-order valence-electron chi connectivity index (χ2n) is 6.76. The quantitative estimate of drug-likeness (QED) is 0.738. The van der Waals surface area contributed by atoms with Crippen molar-refractivity contribution in [1.82, 2.24) is 4.98 Å². The molecule has 1 aliphatic heterocycles. The van der Waals surface area contributed by atoms with Gasteiger partial charge in [-0.1, -0.05) is 18.2 Å². The second-order valence-corrected chi connectivity index (χ2v) is 6.76. The maximum atomic E-state index is 12.2. The highest BCUT2D eigenvalue weighted by molar-refractivity contribution is 5.92. The summed E-state index contributed by atoms with van der Waals surface area (Å²) in [4.78, 5) is 19.0. The fraction of sp³-hybridized carbons (Fsp3) is 0.273. The van der Waals surface area contributed by atoms with E-state index < -0.39 is 0 Å². The van der Waals surface area contributed by atoms with E-state index in [2.05, 4.69) is 27.3 Å². The normalized spacial score (nSPS) is 14.1. The van der Waals surface area contributed by atoms with E-state index in [-0.39, 0.29) is 12.5 Å². The summed E-state index contributed by atoms with van der Waals surface area (Å²) in [6.07, 6.45) is 5.54. The van der Waals surface area contributed by atoms with Gasteiger partial charge in [0.15, 0.2) is 6.61 Å². The van der Waals surface area contributed by atoms with Crippen molar-refractivity contribution in [1.29, 1.82) is 0 Å². The number of para-hydroxylation sites is 1. The first-order valence-electron chi connectivity index (χ1n) is 9.41. The Balaban J connectivity index is 1.35. The maximum absolute atomic E-state index is 12.2. The van der Waals surface area contributed by atoms with Crippen LogP contribution in [0, 0.1) is 0 Å². The van der Waals surface area contributed by atoms with Crippen LogP contribution in [0.1, 0.15) is 19.3 Å². The van der Waals surface area contributed by atoms with Crippen LogP contribution in [0.2, 0.25) is 0 Å². The summed E-state index contributed by atoms with van der Waals surface area (Å²) in [5.41, 5.74) is 2.75. The number of nitrogens with one attached hydrogen (secondary N) is 1. The van der Waals surface area contributed by atoms with Gasteiger partial charge < -0.3 is 15.0 Å². The molecular weight excluding hydrogens is 338 g/mol. The summed E-state index contributed by atoms with van der Waals surface area (Å²) in [5.74, 6) is 0.428. The second kappa shape index (κ2) is 8.08. The van der Waals surface area contributed by atoms with Crippen molar-refractivity contribution in [2.75, 3.05) is 29.9 Å². The highest BCUT2D eigenvalue weighted by Gasteiger charge is 2.11. The fourth-order valence-corrected chi connectivity index (χ4v) is 3.44. The van der Waals surface area contributed by atoms with E-state index in [9.17, 15) is 4.79 Å². The molecule has 2 aromatic carbocycles. The van der Waals surface area contributed by atoms with Crippen molar-refractivity contribution < 1.29 is 9.53 Å². The Morgan fingerprint density at radius 1 is 1.00 bits per heavy atom. The van der Waals surface area contributed by atoms with E-state index >= 15 is 0 Å². The monoisotopic (exact) mass is 361 g/mol. The Bertz CT molecular complexity index is 913. The van der Waals surface area contributed by atoms with Gasteiger partial charge in [-0.3, -0.25) is 9.78 Å². The lowest BCUT2D eigenvalue weighted by Crippen LogP contribution is -2.29. The molecule has 138 valence electrons. The SMILES string of the molecule is O=C(COc1cccc2cccnc12)Nc1ccc(N2CCCCC2)cc1. The molecule has 5 heteroatoms. The van der Waals surface area contributed by atoms with Crippen LogP contribution in [0.4, 0.5) is 11.4 Å². The van der Waals surface area contributed by atoms with Gasteiger partial charge >= 0.3 is 0 Å². The number of nitrogens with zero attached hydrogens (tertiary/aromatic N) is 2. The number of piperidine rings is 1. The van der Waals surface area contributed by atoms with Crippen molar-refractivity contribution in [3.8, 4) is 5.75 Å². The van der Waals surface area contributed by atoms with Gasteiger partial charge in [-0.05, 0) is 55.7 Å². The molecule has 0 bridgehead atoms. The Morgan fingerprint density at radius 3 is 2.59 bits per heavy atom. The topological polar surface area (TPSA) is 54.5 Å². The molecule has 1 fully saturated rings. The lowest BCUT2D eigenvalue weighted by atomic mass is 10.1. The molecule has 0 spiro atoms. The molecule has 0 unspecified atom stereocenters. The van der Waals surface area contributed by atoms with Crippen LogP contribution in [0.3, 0.4) is 0 Å². The number of hydrogen-bond donors (Lipinski definition) is 1. The molecule has 5 nitrogen and oxygen atoms in total. The summed E-state index contributed by atoms with van der Waals surface area (Å²) in [6.45, 7) is 2.17. The summed E-state index contributed by atoms with van der Waals surface area (Å²) >= 11 is 0. The lowest BCUT2D eigenvalue weighted by molar-refractivity contribution is -0.118. The molecule has 1 N–H and O–H groups in total. The van der Waals surface area contributed by atoms with E-state index in [1.165, 1.54) is 24.9 Å². The summed E-state index contributed by atoms with van der Waals surface area (Å²) < 4.78 is 5.69. The molecule has 1 aromatic heterocycles. The highest BCUT2D eigenvalue weighted by Crippen LogP contribution is 2.24. The number of amides is 1. The van der Waals surface area contributed by atoms with Gasteiger partial charge in [0.25, 0.3) is 5.91 Å². The molecule has 0 saturated carbocycles. The van der Waals surface area contributed by atoms with Crippen LogP contribution < -0.4 is 15.0 Å². The third-order valence-corrected chi connectivity index (χ3v) is 4.83. The minimum atomic E-state index is -0.186. The largest absolute Gasteiger partial charge is 0.481 e. The van der Waals surface area contributed by atoms with Gasteiger partial charge in [-0.2, -0.15) is 0 Å². The van der Waals surface area contributed by atoms with Gasteiger partial charge in [0, 0.05) is 36.0 Å². The molecule has 3 aromatic rings. The Labute approximate surface area is 159 Å². The number of fused-ring (bicyclic) bond motifs is 1. The molecule has 1 aliphatic rings. The smallest absolute Gasteiger partial charge is 0.262 e. The van der Waals surface area contributed by atoms with Crippen molar-refractivity contribution in [3.63, 3.8) is 0 Å². The van der Waals surface area contributed by atoms with Gasteiger partial charge in [0.05, 0.1) is 0 Å². The molecular formula is C22H23N3O2. The fourth-order valence-electron chi connectivity index (χ4n) is 3.44. The first-order chi connectivity index (χ1) is 13.3. The minimum Gasteiger partial charge on any atom is -0.481 e. The Kier molecular flexibility index (Phi) is 5.19. The van der Waals surface area contributed by atoms with Crippen molar-refractivity contribution >= 4 is 28.2 Å². The van der Waals surface area contributed by atoms with E-state index in [0.29, 0.717) is 5.75 Å². The number of hydrogen-bond acceptors (Lipinski definition) is 4. The van der Waals surface area contributed by atoms with Gasteiger partial charge in [-0.15, -0.1) is 0 Å². The molecule has 27 heavy (non-hydrogen) atoms. The molecule has 0 aliphatic carbocycles. The van der Waals surface area contributed by atoms with E-state index in [1.54, 1.807) is 6.20 Å². The molecule has 4 rings (SSSR count). The van der Waals surface area contributed by atoms with Gasteiger partial charge in [0.2, 0.25) is 0 Å². The number of benzene rings is 2.